The first-order chi connectivity index (χ1) is 10.7. The first-order valence-electron chi connectivity index (χ1n) is 8.23. The summed E-state index contributed by atoms with van der Waals surface area (Å²) >= 11 is 12.0. The molecule has 0 saturated carbocycles. The average Bonchev–Trinajstić information content (AvgIpc) is 2.44. The number of nitrogens with one attached hydrogen (secondary N) is 1. The lowest BCUT2D eigenvalue weighted by atomic mass is 9.91. The number of hydrogen-bond acceptors (Lipinski definition) is 2. The summed E-state index contributed by atoms with van der Waals surface area (Å²) in [7, 11) is 0. The maximum atomic E-state index is 12.4. The van der Waals surface area contributed by atoms with Crippen molar-refractivity contribution in [3.8, 4) is 0 Å². The summed E-state index contributed by atoms with van der Waals surface area (Å²) in [6.07, 6.45) is 3.29. The topological polar surface area (TPSA) is 32.3 Å². The highest BCUT2D eigenvalue weighted by Gasteiger charge is 2.23. The van der Waals surface area contributed by atoms with Gasteiger partial charge in [0.1, 0.15) is 0 Å². The van der Waals surface area contributed by atoms with E-state index in [9.17, 15) is 4.79 Å². The molecule has 0 aliphatic carbocycles. The van der Waals surface area contributed by atoms with Crippen molar-refractivity contribution in [2.75, 3.05) is 19.6 Å². The zero-order chi connectivity index (χ0) is 17.0. The van der Waals surface area contributed by atoms with Gasteiger partial charge in [-0.15, -0.1) is 0 Å². The highest BCUT2D eigenvalue weighted by atomic mass is 35.5. The number of benzene rings is 1. The maximum Gasteiger partial charge on any atom is 0.253 e. The second-order valence-electron chi connectivity index (χ2n) is 7.55. The van der Waals surface area contributed by atoms with Gasteiger partial charge in [-0.05, 0) is 56.0 Å². The predicted molar refractivity (Wildman–Crippen MR) is 97.5 cm³/mol. The monoisotopic (exact) mass is 356 g/mol. The second-order valence-corrected chi connectivity index (χ2v) is 8.39. The SMILES string of the molecule is CC(C)(C)CCN1CCC[C@@H](NC(=O)c2ccc(Cl)cc2Cl)C1. The van der Waals surface area contributed by atoms with E-state index >= 15 is 0 Å². The van der Waals surface area contributed by atoms with Crippen LogP contribution in [0.5, 0.6) is 0 Å². The number of nitrogens with zero attached hydrogens (tertiary/aromatic N) is 1. The molecule has 0 unspecified atom stereocenters. The van der Waals surface area contributed by atoms with Crippen LogP contribution in [-0.4, -0.2) is 36.5 Å². The number of rotatable bonds is 4. The molecular weight excluding hydrogens is 331 g/mol. The lowest BCUT2D eigenvalue weighted by Gasteiger charge is -2.34. The molecule has 23 heavy (non-hydrogen) atoms. The molecule has 0 radical (unpaired) electrons. The molecule has 1 saturated heterocycles. The molecule has 0 spiro atoms. The Kier molecular flexibility index (Phi) is 6.35. The molecule has 1 aromatic rings. The Morgan fingerprint density at radius 1 is 1.35 bits per heavy atom. The molecule has 1 aromatic carbocycles. The van der Waals surface area contributed by atoms with Gasteiger partial charge in [0.2, 0.25) is 0 Å². The molecule has 2 rings (SSSR count). The molecule has 0 aromatic heterocycles. The summed E-state index contributed by atoms with van der Waals surface area (Å²) in [5.41, 5.74) is 0.829. The Morgan fingerprint density at radius 2 is 2.09 bits per heavy atom. The van der Waals surface area contributed by atoms with Crippen molar-refractivity contribution in [1.82, 2.24) is 10.2 Å². The number of likely N-dealkylation sites (tertiary alicyclic amines) is 1. The van der Waals surface area contributed by atoms with Crippen LogP contribution >= 0.6 is 23.2 Å². The third-order valence-corrected chi connectivity index (χ3v) is 4.74. The van der Waals surface area contributed by atoms with Crippen LogP contribution in [0, 0.1) is 5.41 Å². The number of piperidine rings is 1. The third kappa shape index (κ3) is 5.98. The van der Waals surface area contributed by atoms with Gasteiger partial charge in [-0.1, -0.05) is 44.0 Å². The zero-order valence-corrected chi connectivity index (χ0v) is 15.7. The minimum Gasteiger partial charge on any atom is -0.348 e. The van der Waals surface area contributed by atoms with Crippen molar-refractivity contribution in [3.63, 3.8) is 0 Å². The summed E-state index contributed by atoms with van der Waals surface area (Å²) in [5.74, 6) is -0.116. The van der Waals surface area contributed by atoms with E-state index in [1.54, 1.807) is 18.2 Å². The highest BCUT2D eigenvalue weighted by molar-refractivity contribution is 6.36. The van der Waals surface area contributed by atoms with E-state index in [2.05, 4.69) is 31.0 Å². The van der Waals surface area contributed by atoms with Crippen LogP contribution in [0.4, 0.5) is 0 Å². The van der Waals surface area contributed by atoms with Gasteiger partial charge < -0.3 is 10.2 Å². The molecule has 1 atom stereocenters. The zero-order valence-electron chi connectivity index (χ0n) is 14.2. The molecule has 5 heteroatoms. The van der Waals surface area contributed by atoms with Gasteiger partial charge in [0.15, 0.2) is 0 Å². The normalized spacial score (nSPS) is 19.6. The average molecular weight is 357 g/mol. The Morgan fingerprint density at radius 3 is 2.74 bits per heavy atom. The van der Waals surface area contributed by atoms with Crippen molar-refractivity contribution < 1.29 is 4.79 Å². The standard InChI is InChI=1S/C18H26Cl2N2O/c1-18(2,3)8-10-22-9-4-5-14(12-22)21-17(23)15-7-6-13(19)11-16(15)20/h6-7,11,14H,4-5,8-10,12H2,1-3H3,(H,21,23)/t14-/m1/s1. The number of halogens is 2. The number of amides is 1. The van der Waals surface area contributed by atoms with Crippen LogP contribution in [0.15, 0.2) is 18.2 Å². The van der Waals surface area contributed by atoms with Gasteiger partial charge in [0.25, 0.3) is 5.91 Å². The fraction of sp³-hybridized carbons (Fsp3) is 0.611. The van der Waals surface area contributed by atoms with E-state index in [4.69, 9.17) is 23.2 Å². The maximum absolute atomic E-state index is 12.4. The first-order valence-corrected chi connectivity index (χ1v) is 8.98. The minimum atomic E-state index is -0.116. The molecule has 0 bridgehead atoms. The van der Waals surface area contributed by atoms with Crippen molar-refractivity contribution in [3.05, 3.63) is 33.8 Å². The van der Waals surface area contributed by atoms with E-state index in [-0.39, 0.29) is 11.9 Å². The van der Waals surface area contributed by atoms with Crippen LogP contribution in [0.2, 0.25) is 10.0 Å². The fourth-order valence-corrected chi connectivity index (χ4v) is 3.30. The molecule has 1 amide bonds. The Labute approximate surface area is 149 Å². The molecule has 1 fully saturated rings. The van der Waals surface area contributed by atoms with Crippen LogP contribution < -0.4 is 5.32 Å². The van der Waals surface area contributed by atoms with Crippen LogP contribution in [0.3, 0.4) is 0 Å². The van der Waals surface area contributed by atoms with Crippen molar-refractivity contribution in [2.24, 2.45) is 5.41 Å². The predicted octanol–water partition coefficient (Wildman–Crippen LogP) is 4.62. The van der Waals surface area contributed by atoms with Crippen molar-refractivity contribution in [1.29, 1.82) is 0 Å². The van der Waals surface area contributed by atoms with Crippen LogP contribution in [0.1, 0.15) is 50.4 Å². The van der Waals surface area contributed by atoms with E-state index in [1.807, 2.05) is 0 Å². The summed E-state index contributed by atoms with van der Waals surface area (Å²) in [5, 5.41) is 4.05. The smallest absolute Gasteiger partial charge is 0.253 e. The number of carbonyl (C=O) groups excluding carboxylic acids is 1. The van der Waals surface area contributed by atoms with Gasteiger partial charge >= 0.3 is 0 Å². The molecule has 1 aliphatic heterocycles. The summed E-state index contributed by atoms with van der Waals surface area (Å²) < 4.78 is 0. The van der Waals surface area contributed by atoms with Gasteiger partial charge in [-0.2, -0.15) is 0 Å². The Bertz CT molecular complexity index is 554. The highest BCUT2D eigenvalue weighted by Crippen LogP contribution is 2.22. The quantitative estimate of drug-likeness (QED) is 0.853. The lowest BCUT2D eigenvalue weighted by Crippen LogP contribution is -2.48. The Hall–Kier alpha value is -0.770. The fourth-order valence-electron chi connectivity index (χ4n) is 2.81. The lowest BCUT2D eigenvalue weighted by molar-refractivity contribution is 0.0898. The van der Waals surface area contributed by atoms with Gasteiger partial charge in [-0.3, -0.25) is 4.79 Å². The minimum absolute atomic E-state index is 0.116. The van der Waals surface area contributed by atoms with Crippen molar-refractivity contribution >= 4 is 29.1 Å². The summed E-state index contributed by atoms with van der Waals surface area (Å²) in [6, 6.07) is 5.16. The van der Waals surface area contributed by atoms with Crippen molar-refractivity contribution in [2.45, 2.75) is 46.1 Å². The molecular formula is C18H26Cl2N2O. The second kappa shape index (κ2) is 7.87. The van der Waals surface area contributed by atoms with E-state index in [0.29, 0.717) is 21.0 Å². The molecule has 1 N–H and O–H groups in total. The van der Waals surface area contributed by atoms with Gasteiger partial charge in [0, 0.05) is 17.6 Å². The number of carbonyl (C=O) groups is 1. The molecule has 1 heterocycles. The number of hydrogen-bond donors (Lipinski definition) is 1. The third-order valence-electron chi connectivity index (χ3n) is 4.19. The summed E-state index contributed by atoms with van der Waals surface area (Å²) in [4.78, 5) is 14.9. The van der Waals surface area contributed by atoms with Crippen LogP contribution in [0.25, 0.3) is 0 Å². The molecule has 128 valence electrons. The van der Waals surface area contributed by atoms with E-state index in [0.717, 1.165) is 38.9 Å². The van der Waals surface area contributed by atoms with E-state index < -0.39 is 0 Å². The largest absolute Gasteiger partial charge is 0.348 e. The van der Waals surface area contributed by atoms with Crippen LogP contribution in [-0.2, 0) is 0 Å². The molecule has 1 aliphatic rings. The van der Waals surface area contributed by atoms with Gasteiger partial charge in [0.05, 0.1) is 10.6 Å². The van der Waals surface area contributed by atoms with E-state index in [1.165, 1.54) is 0 Å². The molecule has 3 nitrogen and oxygen atoms in total. The Balaban J connectivity index is 1.90. The van der Waals surface area contributed by atoms with Gasteiger partial charge in [-0.25, -0.2) is 0 Å². The summed E-state index contributed by atoms with van der Waals surface area (Å²) in [6.45, 7) is 9.89. The first kappa shape index (κ1) is 18.6.